The summed E-state index contributed by atoms with van der Waals surface area (Å²) in [6, 6.07) is 0. The molecule has 1 unspecified atom stereocenters. The van der Waals surface area contributed by atoms with Gasteiger partial charge >= 0.3 is 0 Å². The molecule has 0 amide bonds. The van der Waals surface area contributed by atoms with E-state index in [0.29, 0.717) is 0 Å². The van der Waals surface area contributed by atoms with Gasteiger partial charge in [-0.2, -0.15) is 0 Å². The van der Waals surface area contributed by atoms with E-state index in [9.17, 15) is 5.11 Å². The van der Waals surface area contributed by atoms with Crippen LogP contribution in [0.25, 0.3) is 0 Å². The smallest absolute Gasteiger partial charge is 0.0716 e. The largest absolute Gasteiger partial charge is 0.389 e. The van der Waals surface area contributed by atoms with Gasteiger partial charge in [-0.3, -0.25) is 0 Å². The summed E-state index contributed by atoms with van der Waals surface area (Å²) in [7, 11) is 0. The van der Waals surface area contributed by atoms with Crippen LogP contribution in [0.2, 0.25) is 0 Å². The Hall–Kier alpha value is -0.0800. The molecule has 0 bridgehead atoms. The van der Waals surface area contributed by atoms with Crippen molar-refractivity contribution < 1.29 is 5.11 Å². The molecule has 0 rings (SSSR count). The van der Waals surface area contributed by atoms with Gasteiger partial charge in [0, 0.05) is 4.83 Å². The average molecular weight is 233 g/mol. The van der Waals surface area contributed by atoms with Crippen LogP contribution < -0.4 is 0 Å². The Morgan fingerprint density at radius 3 is 2.50 bits per heavy atom. The molecule has 70 valence electrons. The van der Waals surface area contributed by atoms with Crippen molar-refractivity contribution in [3.8, 4) is 0 Å². The van der Waals surface area contributed by atoms with Crippen LogP contribution in [0.5, 0.6) is 0 Å². The zero-order valence-corrected chi connectivity index (χ0v) is 9.39. The Balaban J connectivity index is 3.79. The maximum atomic E-state index is 9.57. The van der Waals surface area contributed by atoms with Gasteiger partial charge in [0.25, 0.3) is 0 Å². The van der Waals surface area contributed by atoms with Crippen LogP contribution in [0, 0.1) is 0 Å². The van der Waals surface area contributed by atoms with Gasteiger partial charge in [-0.15, -0.1) is 0 Å². The van der Waals surface area contributed by atoms with E-state index in [1.807, 2.05) is 0 Å². The Bertz CT molecular complexity index is 167. The first-order valence-electron chi connectivity index (χ1n) is 4.04. The maximum absolute atomic E-state index is 9.57. The third kappa shape index (κ3) is 4.73. The third-order valence-corrected chi connectivity index (χ3v) is 3.35. The lowest BCUT2D eigenvalue weighted by Gasteiger charge is -2.24. The third-order valence-electron chi connectivity index (χ3n) is 1.77. The molecule has 0 aromatic heterocycles. The molecule has 0 saturated heterocycles. The number of alkyl halides is 1. The zero-order chi connectivity index (χ0) is 9.78. The molecule has 0 spiro atoms. The summed E-state index contributed by atoms with van der Waals surface area (Å²) >= 11 is 3.43. The molecule has 0 radical (unpaired) electrons. The van der Waals surface area contributed by atoms with Crippen LogP contribution in [0.3, 0.4) is 0 Å². The van der Waals surface area contributed by atoms with Crippen molar-refractivity contribution in [1.82, 2.24) is 0 Å². The first-order valence-corrected chi connectivity index (χ1v) is 4.96. The minimum absolute atomic E-state index is 0.113. The Morgan fingerprint density at radius 2 is 2.17 bits per heavy atom. The molecule has 0 aromatic carbocycles. The summed E-state index contributed by atoms with van der Waals surface area (Å²) in [5.41, 5.74) is 0.352. The molecule has 0 heterocycles. The van der Waals surface area contributed by atoms with Crippen LogP contribution in [0.1, 0.15) is 26.7 Å². The van der Waals surface area contributed by atoms with Crippen molar-refractivity contribution in [2.75, 3.05) is 0 Å². The van der Waals surface area contributed by atoms with Crippen molar-refractivity contribution in [2.24, 2.45) is 0 Å². The van der Waals surface area contributed by atoms with Gasteiger partial charge in [-0.25, -0.2) is 0 Å². The highest BCUT2D eigenvalue weighted by atomic mass is 79.9. The van der Waals surface area contributed by atoms with Crippen LogP contribution in [0.15, 0.2) is 24.8 Å². The van der Waals surface area contributed by atoms with Gasteiger partial charge in [0.1, 0.15) is 0 Å². The van der Waals surface area contributed by atoms with Crippen molar-refractivity contribution in [1.29, 1.82) is 0 Å². The molecule has 0 aliphatic carbocycles. The molecule has 1 atom stereocenters. The van der Waals surface area contributed by atoms with E-state index in [2.05, 4.69) is 29.1 Å². The monoisotopic (exact) mass is 232 g/mol. The molecular weight excluding hydrogens is 216 g/mol. The van der Waals surface area contributed by atoms with Gasteiger partial charge in [0.2, 0.25) is 0 Å². The topological polar surface area (TPSA) is 20.2 Å². The van der Waals surface area contributed by atoms with Crippen LogP contribution in [-0.2, 0) is 0 Å². The molecule has 1 nitrogen and oxygen atoms in total. The van der Waals surface area contributed by atoms with Crippen LogP contribution >= 0.6 is 15.9 Å². The first kappa shape index (κ1) is 11.9. The molecular formula is C10H17BrO. The number of allylic oxidation sites excluding steroid dienone is 2. The predicted molar refractivity (Wildman–Crippen MR) is 57.6 cm³/mol. The summed E-state index contributed by atoms with van der Waals surface area (Å²) in [4.78, 5) is 0.113. The Kier molecular flexibility index (Phi) is 4.80. The summed E-state index contributed by atoms with van der Waals surface area (Å²) in [6.07, 6.45) is 3.52. The second kappa shape index (κ2) is 4.83. The van der Waals surface area contributed by atoms with Crippen molar-refractivity contribution in [2.45, 2.75) is 37.1 Å². The molecule has 0 aromatic rings. The summed E-state index contributed by atoms with van der Waals surface area (Å²) in [6.45, 7) is 11.0. The molecule has 2 heteroatoms. The van der Waals surface area contributed by atoms with Crippen molar-refractivity contribution in [3.05, 3.63) is 24.8 Å². The molecule has 0 saturated carbocycles. The fourth-order valence-corrected chi connectivity index (χ4v) is 0.996. The number of hydrogen-bond donors (Lipinski definition) is 1. The van der Waals surface area contributed by atoms with Gasteiger partial charge in [-0.1, -0.05) is 40.7 Å². The molecule has 0 aliphatic rings. The highest BCUT2D eigenvalue weighted by Crippen LogP contribution is 2.23. The second-order valence-electron chi connectivity index (χ2n) is 3.52. The SMILES string of the molecule is C=CC(=C)CCC(Br)C(C)(C)O. The van der Waals surface area contributed by atoms with E-state index in [1.54, 1.807) is 19.9 Å². The fraction of sp³-hybridized carbons (Fsp3) is 0.600. The first-order chi connectivity index (χ1) is 5.38. The lowest BCUT2D eigenvalue weighted by atomic mass is 9.99. The summed E-state index contributed by atoms with van der Waals surface area (Å²) in [5, 5.41) is 9.57. The number of rotatable bonds is 5. The molecule has 0 aliphatic heterocycles. The minimum atomic E-state index is -0.665. The second-order valence-corrected chi connectivity index (χ2v) is 4.63. The van der Waals surface area contributed by atoms with E-state index in [4.69, 9.17) is 0 Å². The van der Waals surface area contributed by atoms with Gasteiger partial charge in [0.05, 0.1) is 5.60 Å². The lowest BCUT2D eigenvalue weighted by Crippen LogP contribution is -2.31. The maximum Gasteiger partial charge on any atom is 0.0716 e. The number of hydrogen-bond acceptors (Lipinski definition) is 1. The Morgan fingerprint density at radius 1 is 1.67 bits per heavy atom. The van der Waals surface area contributed by atoms with E-state index in [-0.39, 0.29) is 4.83 Å². The molecule has 12 heavy (non-hydrogen) atoms. The molecule has 1 N–H and O–H groups in total. The lowest BCUT2D eigenvalue weighted by molar-refractivity contribution is 0.0775. The number of aliphatic hydroxyl groups is 1. The highest BCUT2D eigenvalue weighted by molar-refractivity contribution is 9.09. The Labute approximate surface area is 83.3 Å². The van der Waals surface area contributed by atoms with Crippen LogP contribution in [-0.4, -0.2) is 15.5 Å². The van der Waals surface area contributed by atoms with Gasteiger partial charge < -0.3 is 5.11 Å². The van der Waals surface area contributed by atoms with E-state index in [0.717, 1.165) is 18.4 Å². The van der Waals surface area contributed by atoms with Gasteiger partial charge in [-0.05, 0) is 26.7 Å². The average Bonchev–Trinajstić information content (AvgIpc) is 1.97. The molecule has 0 fully saturated rings. The van der Waals surface area contributed by atoms with Crippen LogP contribution in [0.4, 0.5) is 0 Å². The van der Waals surface area contributed by atoms with Gasteiger partial charge in [0.15, 0.2) is 0 Å². The quantitative estimate of drug-likeness (QED) is 0.571. The predicted octanol–water partition coefficient (Wildman–Crippen LogP) is 3.04. The zero-order valence-electron chi connectivity index (χ0n) is 7.81. The van der Waals surface area contributed by atoms with E-state index < -0.39 is 5.60 Å². The highest BCUT2D eigenvalue weighted by Gasteiger charge is 2.23. The van der Waals surface area contributed by atoms with Crippen molar-refractivity contribution in [3.63, 3.8) is 0 Å². The summed E-state index contributed by atoms with van der Waals surface area (Å²) in [5.74, 6) is 0. The standard InChI is InChI=1S/C10H17BrO/c1-5-8(2)6-7-9(11)10(3,4)12/h5,9,12H,1-2,6-7H2,3-4H3. The van der Waals surface area contributed by atoms with E-state index in [1.165, 1.54) is 0 Å². The fourth-order valence-electron chi connectivity index (χ4n) is 0.767. The van der Waals surface area contributed by atoms with Crippen molar-refractivity contribution >= 4 is 15.9 Å². The minimum Gasteiger partial charge on any atom is -0.389 e. The number of halogens is 1. The normalized spacial score (nSPS) is 14.0. The summed E-state index contributed by atoms with van der Waals surface area (Å²) < 4.78 is 0. The van der Waals surface area contributed by atoms with E-state index >= 15 is 0 Å².